The van der Waals surface area contributed by atoms with Crippen LogP contribution in [0.4, 0.5) is 5.69 Å². The molecule has 0 unspecified atom stereocenters. The van der Waals surface area contributed by atoms with Crippen molar-refractivity contribution in [1.82, 2.24) is 4.98 Å². The van der Waals surface area contributed by atoms with Gasteiger partial charge in [0.15, 0.2) is 0 Å². The first-order valence-corrected chi connectivity index (χ1v) is 4.50. The van der Waals surface area contributed by atoms with E-state index in [0.717, 1.165) is 12.2 Å². The van der Waals surface area contributed by atoms with Gasteiger partial charge in [-0.05, 0) is 18.6 Å². The second-order valence-corrected chi connectivity index (χ2v) is 2.80. The fraction of sp³-hybridized carbons (Fsp3) is 0.500. The summed E-state index contributed by atoms with van der Waals surface area (Å²) in [4.78, 5) is 3.90. The van der Waals surface area contributed by atoms with E-state index in [4.69, 9.17) is 0 Å². The molecule has 1 N–H and O–H groups in total. The molecule has 0 saturated heterocycles. The highest BCUT2D eigenvalue weighted by molar-refractivity contribution is 5.38. The van der Waals surface area contributed by atoms with Crippen LogP contribution in [0.1, 0.15) is 26.2 Å². The van der Waals surface area contributed by atoms with E-state index in [-0.39, 0.29) is 0 Å². The van der Waals surface area contributed by atoms with Gasteiger partial charge in [-0.15, -0.1) is 0 Å². The smallest absolute Gasteiger partial charge is 0.114 e. The zero-order valence-corrected chi connectivity index (χ0v) is 7.51. The first-order valence-electron chi connectivity index (χ1n) is 4.50. The molecule has 1 heterocycles. The van der Waals surface area contributed by atoms with E-state index in [9.17, 15) is 0 Å². The predicted molar refractivity (Wildman–Crippen MR) is 51.1 cm³/mol. The molecule has 0 aliphatic carbocycles. The largest absolute Gasteiger partial charge is 0.383 e. The molecule has 2 heteroatoms. The lowest BCUT2D eigenvalue weighted by atomic mass is 10.2. The second-order valence-electron chi connectivity index (χ2n) is 2.80. The Morgan fingerprint density at radius 2 is 2.42 bits per heavy atom. The van der Waals surface area contributed by atoms with E-state index in [0.29, 0.717) is 0 Å². The number of unbranched alkanes of at least 4 members (excludes halogenated alkanes) is 2. The van der Waals surface area contributed by atoms with Crippen LogP contribution in [0.25, 0.3) is 0 Å². The van der Waals surface area contributed by atoms with Crippen LogP contribution in [0.2, 0.25) is 0 Å². The van der Waals surface area contributed by atoms with Crippen LogP contribution in [-0.2, 0) is 0 Å². The van der Waals surface area contributed by atoms with E-state index in [1.54, 1.807) is 6.20 Å². The Morgan fingerprint density at radius 1 is 1.50 bits per heavy atom. The number of nitrogens with zero attached hydrogens (tertiary/aromatic N) is 1. The predicted octanol–water partition coefficient (Wildman–Crippen LogP) is 2.48. The standard InChI is InChI=1S/C10H15N2/c1-2-3-4-8-12-10-6-5-7-11-9-10/h5-7,12H,2-4,8H2,1H3. The van der Waals surface area contributed by atoms with Gasteiger partial charge in [0.05, 0.1) is 5.69 Å². The van der Waals surface area contributed by atoms with Crippen LogP contribution >= 0.6 is 0 Å². The monoisotopic (exact) mass is 163 g/mol. The molecule has 0 amide bonds. The van der Waals surface area contributed by atoms with Crippen molar-refractivity contribution in [3.8, 4) is 0 Å². The molecule has 0 aromatic carbocycles. The fourth-order valence-corrected chi connectivity index (χ4v) is 1.02. The minimum Gasteiger partial charge on any atom is -0.383 e. The van der Waals surface area contributed by atoms with Gasteiger partial charge in [-0.1, -0.05) is 19.8 Å². The maximum absolute atomic E-state index is 3.90. The molecule has 0 aliphatic rings. The topological polar surface area (TPSA) is 24.9 Å². The lowest BCUT2D eigenvalue weighted by molar-refractivity contribution is 0.743. The Bertz CT molecular complexity index is 196. The molecule has 0 saturated carbocycles. The fourth-order valence-electron chi connectivity index (χ4n) is 1.02. The Balaban J connectivity index is 2.16. The third-order valence-electron chi connectivity index (χ3n) is 1.70. The van der Waals surface area contributed by atoms with Crippen molar-refractivity contribution >= 4 is 5.69 Å². The maximum Gasteiger partial charge on any atom is 0.114 e. The molecule has 65 valence electrons. The zero-order chi connectivity index (χ0) is 8.65. The zero-order valence-electron chi connectivity index (χ0n) is 7.51. The summed E-state index contributed by atoms with van der Waals surface area (Å²) in [7, 11) is 0. The SMILES string of the molecule is CCCCCNc1[c]nccc1. The van der Waals surface area contributed by atoms with Gasteiger partial charge < -0.3 is 5.32 Å². The minimum atomic E-state index is 0.994. The highest BCUT2D eigenvalue weighted by atomic mass is 14.9. The number of aromatic nitrogens is 1. The summed E-state index contributed by atoms with van der Waals surface area (Å²) in [5.41, 5.74) is 0.994. The van der Waals surface area contributed by atoms with Gasteiger partial charge in [0.2, 0.25) is 0 Å². The van der Waals surface area contributed by atoms with Crippen LogP contribution < -0.4 is 5.32 Å². The molecule has 1 radical (unpaired) electrons. The van der Waals surface area contributed by atoms with Crippen LogP contribution in [0.15, 0.2) is 18.3 Å². The summed E-state index contributed by atoms with van der Waals surface area (Å²) >= 11 is 0. The second kappa shape index (κ2) is 5.58. The third-order valence-corrected chi connectivity index (χ3v) is 1.70. The van der Waals surface area contributed by atoms with Crippen molar-refractivity contribution in [3.63, 3.8) is 0 Å². The van der Waals surface area contributed by atoms with Gasteiger partial charge in [0, 0.05) is 12.7 Å². The Hall–Kier alpha value is -1.05. The summed E-state index contributed by atoms with van der Waals surface area (Å²) in [6, 6.07) is 3.90. The van der Waals surface area contributed by atoms with Crippen molar-refractivity contribution in [2.24, 2.45) is 0 Å². The average Bonchev–Trinajstić information content (AvgIpc) is 2.14. The van der Waals surface area contributed by atoms with Gasteiger partial charge in [-0.3, -0.25) is 4.98 Å². The van der Waals surface area contributed by atoms with E-state index in [2.05, 4.69) is 23.4 Å². The van der Waals surface area contributed by atoms with Crippen molar-refractivity contribution in [2.75, 3.05) is 11.9 Å². The van der Waals surface area contributed by atoms with Gasteiger partial charge in [-0.25, -0.2) is 0 Å². The molecule has 1 aromatic heterocycles. The van der Waals surface area contributed by atoms with Crippen molar-refractivity contribution in [1.29, 1.82) is 0 Å². The Kier molecular flexibility index (Phi) is 4.21. The molecule has 0 bridgehead atoms. The van der Waals surface area contributed by atoms with Crippen LogP contribution in [-0.4, -0.2) is 11.5 Å². The molecule has 0 fully saturated rings. The lowest BCUT2D eigenvalue weighted by Gasteiger charge is -2.03. The number of anilines is 1. The molecule has 1 aromatic rings. The van der Waals surface area contributed by atoms with Gasteiger partial charge in [0.25, 0.3) is 0 Å². The van der Waals surface area contributed by atoms with E-state index < -0.39 is 0 Å². The summed E-state index contributed by atoms with van der Waals surface area (Å²) in [5, 5.41) is 3.26. The normalized spacial score (nSPS) is 9.75. The molecule has 0 atom stereocenters. The first kappa shape index (κ1) is 9.04. The molecule has 2 nitrogen and oxygen atoms in total. The van der Waals surface area contributed by atoms with Gasteiger partial charge >= 0.3 is 0 Å². The molecular weight excluding hydrogens is 148 g/mol. The van der Waals surface area contributed by atoms with E-state index >= 15 is 0 Å². The van der Waals surface area contributed by atoms with Gasteiger partial charge in [0.1, 0.15) is 6.20 Å². The summed E-state index contributed by atoms with van der Waals surface area (Å²) in [6.45, 7) is 3.23. The molecule has 0 spiro atoms. The molecular formula is C10H15N2. The highest BCUT2D eigenvalue weighted by Gasteiger charge is 1.89. The quantitative estimate of drug-likeness (QED) is 0.674. The van der Waals surface area contributed by atoms with Crippen LogP contribution in [0.5, 0.6) is 0 Å². The molecule has 0 aliphatic heterocycles. The van der Waals surface area contributed by atoms with Crippen LogP contribution in [0.3, 0.4) is 0 Å². The number of rotatable bonds is 5. The summed E-state index contributed by atoms with van der Waals surface area (Å²) in [5.74, 6) is 0. The number of pyridine rings is 1. The molecule has 12 heavy (non-hydrogen) atoms. The number of hydrogen-bond acceptors (Lipinski definition) is 2. The Labute approximate surface area is 74.0 Å². The van der Waals surface area contributed by atoms with Crippen LogP contribution in [0, 0.1) is 6.20 Å². The third kappa shape index (κ3) is 3.37. The van der Waals surface area contributed by atoms with Crippen molar-refractivity contribution < 1.29 is 0 Å². The van der Waals surface area contributed by atoms with Crippen molar-refractivity contribution in [3.05, 3.63) is 24.5 Å². The number of nitrogens with one attached hydrogen (secondary N) is 1. The van der Waals surface area contributed by atoms with Crippen molar-refractivity contribution in [2.45, 2.75) is 26.2 Å². The highest BCUT2D eigenvalue weighted by Crippen LogP contribution is 2.02. The van der Waals surface area contributed by atoms with E-state index in [1.807, 2.05) is 12.1 Å². The summed E-state index contributed by atoms with van der Waals surface area (Å²) < 4.78 is 0. The Morgan fingerprint density at radius 3 is 3.08 bits per heavy atom. The number of hydrogen-bond donors (Lipinski definition) is 1. The minimum absolute atomic E-state index is 0.994. The average molecular weight is 163 g/mol. The molecule has 1 rings (SSSR count). The lowest BCUT2D eigenvalue weighted by Crippen LogP contribution is -2.01. The maximum atomic E-state index is 3.90. The summed E-state index contributed by atoms with van der Waals surface area (Å²) in [6.07, 6.45) is 8.39. The van der Waals surface area contributed by atoms with Gasteiger partial charge in [-0.2, -0.15) is 0 Å². The first-order chi connectivity index (χ1) is 5.93. The van der Waals surface area contributed by atoms with E-state index in [1.165, 1.54) is 19.3 Å².